The number of hydrogen-bond acceptors (Lipinski definition) is 4. The first-order valence-corrected chi connectivity index (χ1v) is 6.69. The van der Waals surface area contributed by atoms with Crippen LogP contribution in [0.2, 0.25) is 0 Å². The topological polar surface area (TPSA) is 76.3 Å². The second-order valence-corrected chi connectivity index (χ2v) is 5.92. The van der Waals surface area contributed by atoms with Gasteiger partial charge in [-0.25, -0.2) is 13.4 Å². The van der Waals surface area contributed by atoms with Crippen molar-refractivity contribution in [1.29, 1.82) is 0 Å². The van der Waals surface area contributed by atoms with Gasteiger partial charge in [0.1, 0.15) is 10.7 Å². The molecule has 1 aromatic rings. The molecule has 1 aliphatic heterocycles. The number of hydrogen-bond donors (Lipinski definition) is 1. The number of sulfonamides is 1. The van der Waals surface area contributed by atoms with Gasteiger partial charge in [0.15, 0.2) is 0 Å². The van der Waals surface area contributed by atoms with Crippen LogP contribution in [0.1, 0.15) is 19.8 Å². The molecule has 0 amide bonds. The quantitative estimate of drug-likeness (QED) is 0.832. The first-order chi connectivity index (χ1) is 7.51. The minimum Gasteiger partial charge on any atom is -0.384 e. The predicted octanol–water partition coefficient (Wildman–Crippen LogP) is 0.837. The van der Waals surface area contributed by atoms with Crippen molar-refractivity contribution in [2.24, 2.45) is 0 Å². The van der Waals surface area contributed by atoms with Gasteiger partial charge in [0.25, 0.3) is 0 Å². The third kappa shape index (κ3) is 1.90. The molecule has 0 spiro atoms. The lowest BCUT2D eigenvalue weighted by Crippen LogP contribution is -2.33. The molecule has 0 radical (unpaired) electrons. The summed E-state index contributed by atoms with van der Waals surface area (Å²) in [5.74, 6) is 0.327. The molecule has 1 saturated heterocycles. The smallest absolute Gasteiger partial charge is 0.244 e. The Morgan fingerprint density at radius 1 is 1.50 bits per heavy atom. The van der Waals surface area contributed by atoms with Gasteiger partial charge in [-0.3, -0.25) is 0 Å². The van der Waals surface area contributed by atoms with E-state index in [1.165, 1.54) is 22.6 Å². The molecule has 1 unspecified atom stereocenters. The number of nitrogen functional groups attached to an aromatic ring is 1. The average molecular weight is 241 g/mol. The van der Waals surface area contributed by atoms with Gasteiger partial charge in [0.2, 0.25) is 10.0 Å². The van der Waals surface area contributed by atoms with E-state index in [0.29, 0.717) is 12.4 Å². The van der Waals surface area contributed by atoms with Crippen LogP contribution in [0.4, 0.5) is 5.82 Å². The van der Waals surface area contributed by atoms with Gasteiger partial charge in [0, 0.05) is 18.8 Å². The maximum Gasteiger partial charge on any atom is 0.244 e. The van der Waals surface area contributed by atoms with E-state index in [9.17, 15) is 8.42 Å². The summed E-state index contributed by atoms with van der Waals surface area (Å²) in [4.78, 5) is 4.03. The Hall–Kier alpha value is -1.14. The van der Waals surface area contributed by atoms with Crippen LogP contribution in [0.5, 0.6) is 0 Å². The fourth-order valence-electron chi connectivity index (χ4n) is 1.94. The molecule has 0 bridgehead atoms. The number of nitrogens with two attached hydrogens (primary N) is 1. The van der Waals surface area contributed by atoms with Gasteiger partial charge in [-0.2, -0.15) is 4.31 Å². The van der Waals surface area contributed by atoms with Crippen LogP contribution in [-0.2, 0) is 10.0 Å². The number of rotatable bonds is 2. The Morgan fingerprint density at radius 2 is 2.25 bits per heavy atom. The lowest BCUT2D eigenvalue weighted by Gasteiger charge is -2.20. The Labute approximate surface area is 95.3 Å². The molecule has 2 heterocycles. The highest BCUT2D eigenvalue weighted by Crippen LogP contribution is 2.25. The molecule has 6 heteroatoms. The zero-order valence-electron chi connectivity index (χ0n) is 9.13. The van der Waals surface area contributed by atoms with Gasteiger partial charge in [-0.1, -0.05) is 0 Å². The summed E-state index contributed by atoms with van der Waals surface area (Å²) in [6.45, 7) is 2.52. The second kappa shape index (κ2) is 4.03. The zero-order valence-corrected chi connectivity index (χ0v) is 9.94. The molecule has 0 saturated carbocycles. The minimum absolute atomic E-state index is 0.0718. The van der Waals surface area contributed by atoms with Crippen LogP contribution in [0.25, 0.3) is 0 Å². The summed E-state index contributed by atoms with van der Waals surface area (Å²) in [5, 5.41) is 0. The molecule has 0 aliphatic carbocycles. The van der Waals surface area contributed by atoms with E-state index in [4.69, 9.17) is 5.73 Å². The monoisotopic (exact) mass is 241 g/mol. The van der Waals surface area contributed by atoms with E-state index in [1.54, 1.807) is 0 Å². The van der Waals surface area contributed by atoms with E-state index in [1.807, 2.05) is 6.92 Å². The molecule has 2 rings (SSSR count). The summed E-state index contributed by atoms with van der Waals surface area (Å²) in [6, 6.07) is 3.08. The summed E-state index contributed by atoms with van der Waals surface area (Å²) in [5.41, 5.74) is 5.43. The van der Waals surface area contributed by atoms with Crippen molar-refractivity contribution in [3.8, 4) is 0 Å². The largest absolute Gasteiger partial charge is 0.384 e. The molecule has 1 aromatic heterocycles. The Bertz CT molecular complexity index is 469. The molecule has 1 atom stereocenters. The highest BCUT2D eigenvalue weighted by atomic mass is 32.2. The summed E-state index contributed by atoms with van der Waals surface area (Å²) >= 11 is 0. The number of anilines is 1. The fourth-order valence-corrected chi connectivity index (χ4v) is 3.59. The Balaban J connectivity index is 2.35. The number of aromatic nitrogens is 1. The van der Waals surface area contributed by atoms with E-state index >= 15 is 0 Å². The molecule has 88 valence electrons. The van der Waals surface area contributed by atoms with Crippen LogP contribution in [0.3, 0.4) is 0 Å². The average Bonchev–Trinajstić information content (AvgIpc) is 2.66. The van der Waals surface area contributed by atoms with Crippen LogP contribution in [0, 0.1) is 0 Å². The normalized spacial score (nSPS) is 22.4. The van der Waals surface area contributed by atoms with Gasteiger partial charge in [-0.05, 0) is 31.9 Å². The van der Waals surface area contributed by atoms with Gasteiger partial charge in [0.05, 0.1) is 0 Å². The minimum atomic E-state index is -3.39. The van der Waals surface area contributed by atoms with Crippen molar-refractivity contribution < 1.29 is 8.42 Å². The standard InChI is InChI=1S/C10H15N3O2S/c1-8-3-2-6-13(8)16(14,15)9-4-5-10(11)12-7-9/h4-5,7-8H,2-3,6H2,1H3,(H2,11,12). The molecular formula is C10H15N3O2S. The van der Waals surface area contributed by atoms with E-state index < -0.39 is 10.0 Å². The van der Waals surface area contributed by atoms with Crippen LogP contribution < -0.4 is 5.73 Å². The van der Waals surface area contributed by atoms with E-state index in [-0.39, 0.29) is 10.9 Å². The highest BCUT2D eigenvalue weighted by molar-refractivity contribution is 7.89. The highest BCUT2D eigenvalue weighted by Gasteiger charge is 2.32. The van der Waals surface area contributed by atoms with Crippen LogP contribution in [0.15, 0.2) is 23.2 Å². The Morgan fingerprint density at radius 3 is 2.75 bits per heavy atom. The van der Waals surface area contributed by atoms with Crippen LogP contribution in [-0.4, -0.2) is 30.3 Å². The van der Waals surface area contributed by atoms with Crippen molar-refractivity contribution >= 4 is 15.8 Å². The first kappa shape index (κ1) is 11.3. The lowest BCUT2D eigenvalue weighted by atomic mass is 10.3. The molecule has 5 nitrogen and oxygen atoms in total. The summed E-state index contributed by atoms with van der Waals surface area (Å²) in [6.07, 6.45) is 3.15. The molecule has 1 aliphatic rings. The van der Waals surface area contributed by atoms with Crippen LogP contribution >= 0.6 is 0 Å². The van der Waals surface area contributed by atoms with Gasteiger partial charge >= 0.3 is 0 Å². The lowest BCUT2D eigenvalue weighted by molar-refractivity contribution is 0.408. The van der Waals surface area contributed by atoms with Gasteiger partial charge in [-0.15, -0.1) is 0 Å². The maximum absolute atomic E-state index is 12.2. The molecule has 2 N–H and O–H groups in total. The van der Waals surface area contributed by atoms with Crippen molar-refractivity contribution in [1.82, 2.24) is 9.29 Å². The molecular weight excluding hydrogens is 226 g/mol. The van der Waals surface area contributed by atoms with Crippen molar-refractivity contribution in [3.05, 3.63) is 18.3 Å². The molecule has 16 heavy (non-hydrogen) atoms. The fraction of sp³-hybridized carbons (Fsp3) is 0.500. The summed E-state index contributed by atoms with van der Waals surface area (Å²) in [7, 11) is -3.39. The first-order valence-electron chi connectivity index (χ1n) is 5.25. The van der Waals surface area contributed by atoms with Gasteiger partial charge < -0.3 is 5.73 Å². The van der Waals surface area contributed by atoms with Crippen molar-refractivity contribution in [2.75, 3.05) is 12.3 Å². The summed E-state index contributed by atoms with van der Waals surface area (Å²) < 4.78 is 25.9. The second-order valence-electron chi connectivity index (χ2n) is 4.03. The number of nitrogens with zero attached hydrogens (tertiary/aromatic N) is 2. The Kier molecular flexibility index (Phi) is 2.86. The number of pyridine rings is 1. The third-order valence-electron chi connectivity index (χ3n) is 2.86. The maximum atomic E-state index is 12.2. The van der Waals surface area contributed by atoms with E-state index in [0.717, 1.165) is 12.8 Å². The van der Waals surface area contributed by atoms with E-state index in [2.05, 4.69) is 4.98 Å². The third-order valence-corrected chi connectivity index (χ3v) is 4.85. The molecule has 0 aromatic carbocycles. The van der Waals surface area contributed by atoms with Crippen molar-refractivity contribution in [2.45, 2.75) is 30.7 Å². The zero-order chi connectivity index (χ0) is 11.8. The molecule has 1 fully saturated rings. The predicted molar refractivity (Wildman–Crippen MR) is 61.2 cm³/mol. The van der Waals surface area contributed by atoms with Crippen molar-refractivity contribution in [3.63, 3.8) is 0 Å². The SMILES string of the molecule is CC1CCCN1S(=O)(=O)c1ccc(N)nc1.